The highest BCUT2D eigenvalue weighted by Crippen LogP contribution is 2.43. The maximum absolute atomic E-state index is 12.3. The van der Waals surface area contributed by atoms with Crippen LogP contribution in [0.2, 0.25) is 0 Å². The molecule has 0 aliphatic rings. The van der Waals surface area contributed by atoms with Crippen molar-refractivity contribution in [3.05, 3.63) is 60.8 Å². The van der Waals surface area contributed by atoms with Gasteiger partial charge in [-0.1, -0.05) is 93.9 Å². The third kappa shape index (κ3) is 31.6. The molecule has 1 N–H and O–H groups in total. The molecule has 0 saturated carbocycles. The first kappa shape index (κ1) is 42.2. The first-order valence-corrected chi connectivity index (χ1v) is 18.0. The van der Waals surface area contributed by atoms with Gasteiger partial charge in [-0.2, -0.15) is 0 Å². The number of rotatable bonds is 29. The van der Waals surface area contributed by atoms with Gasteiger partial charge in [0.1, 0.15) is 19.3 Å². The van der Waals surface area contributed by atoms with Crippen molar-refractivity contribution in [1.29, 1.82) is 0 Å². The van der Waals surface area contributed by atoms with E-state index in [1.807, 2.05) is 21.1 Å². The van der Waals surface area contributed by atoms with Crippen molar-refractivity contribution < 1.29 is 37.3 Å². The number of phosphoric acid groups is 1. The number of quaternary nitrogens is 1. The molecule has 0 bridgehead atoms. The predicted octanol–water partition coefficient (Wildman–Crippen LogP) is 8.65. The molecule has 0 aromatic heterocycles. The maximum Gasteiger partial charge on any atom is 0.472 e. The largest absolute Gasteiger partial charge is 0.472 e. The van der Waals surface area contributed by atoms with Crippen LogP contribution in [-0.2, 0) is 27.9 Å². The van der Waals surface area contributed by atoms with Gasteiger partial charge in [-0.25, -0.2) is 4.57 Å². The van der Waals surface area contributed by atoms with Crippen molar-refractivity contribution >= 4 is 13.8 Å². The Morgan fingerprint density at radius 2 is 1.32 bits per heavy atom. The molecule has 8 nitrogen and oxygen atoms in total. The Labute approximate surface area is 269 Å². The van der Waals surface area contributed by atoms with Crippen LogP contribution < -0.4 is 0 Å². The van der Waals surface area contributed by atoms with Crippen molar-refractivity contribution in [2.24, 2.45) is 0 Å². The molecule has 0 aliphatic heterocycles. The number of hydrogen-bond donors (Lipinski definition) is 1. The molecule has 0 aromatic carbocycles. The summed E-state index contributed by atoms with van der Waals surface area (Å²) in [4.78, 5) is 22.4. The zero-order valence-corrected chi connectivity index (χ0v) is 29.3. The first-order valence-electron chi connectivity index (χ1n) is 16.5. The summed E-state index contributed by atoms with van der Waals surface area (Å²) in [5, 5.41) is 0. The SMILES string of the molecule is CC/C=C\C/C=C\C/C=C\C/C=C\C/C=C\CCCCOCC(COP(=O)(O)OCC[N+](C)(C)C)OC(=O)CCCCCC. The smallest absolute Gasteiger partial charge is 0.457 e. The predicted molar refractivity (Wildman–Crippen MR) is 182 cm³/mol. The number of unbranched alkanes of at least 4 members (excludes halogenated alkanes) is 5. The first-order chi connectivity index (χ1) is 21.1. The van der Waals surface area contributed by atoms with Gasteiger partial charge in [-0.3, -0.25) is 13.8 Å². The van der Waals surface area contributed by atoms with Gasteiger partial charge in [0, 0.05) is 13.0 Å². The van der Waals surface area contributed by atoms with Gasteiger partial charge in [0.2, 0.25) is 0 Å². The molecule has 0 radical (unpaired) electrons. The van der Waals surface area contributed by atoms with Gasteiger partial charge in [0.25, 0.3) is 0 Å². The standard InChI is InChI=1S/C35H62NO7P/c1-6-8-10-12-13-14-15-16-17-18-19-20-21-22-23-24-25-27-30-40-32-34(43-35(37)28-26-11-9-7-2)33-42-44(38,39)41-31-29-36(3,4)5/h8,10,13-14,16-17,19-20,22-23,34H,6-7,9,11-12,15,18,21,24-33H2,1-5H3/p+1/b10-8-,14-13-,17-16-,20-19-,23-22-. The Morgan fingerprint density at radius 1 is 0.727 bits per heavy atom. The van der Waals surface area contributed by atoms with Gasteiger partial charge < -0.3 is 18.9 Å². The Hall–Kier alpha value is -1.80. The van der Waals surface area contributed by atoms with E-state index in [-0.39, 0.29) is 25.8 Å². The second kappa shape index (κ2) is 28.7. The van der Waals surface area contributed by atoms with Gasteiger partial charge in [-0.05, 0) is 57.8 Å². The number of hydrogen-bond acceptors (Lipinski definition) is 6. The summed E-state index contributed by atoms with van der Waals surface area (Å²) < 4.78 is 34.4. The van der Waals surface area contributed by atoms with Gasteiger partial charge in [0.05, 0.1) is 34.4 Å². The normalized spacial score (nSPS) is 15.0. The van der Waals surface area contributed by atoms with E-state index < -0.39 is 13.9 Å². The number of nitrogens with zero attached hydrogens (tertiary/aromatic N) is 1. The Kier molecular flexibility index (Phi) is 27.5. The van der Waals surface area contributed by atoms with Crippen molar-refractivity contribution in [1.82, 2.24) is 0 Å². The average molecular weight is 641 g/mol. The number of carbonyl (C=O) groups excluding carboxylic acids is 1. The molecule has 0 amide bonds. The summed E-state index contributed by atoms with van der Waals surface area (Å²) in [7, 11) is 1.62. The number of ether oxygens (including phenoxy) is 2. The second-order valence-corrected chi connectivity index (χ2v) is 13.3. The van der Waals surface area contributed by atoms with Crippen LogP contribution in [0.15, 0.2) is 60.8 Å². The summed E-state index contributed by atoms with van der Waals surface area (Å²) in [5.74, 6) is -0.351. The van der Waals surface area contributed by atoms with Crippen LogP contribution >= 0.6 is 7.82 Å². The lowest BCUT2D eigenvalue weighted by Crippen LogP contribution is -2.37. The maximum atomic E-state index is 12.3. The minimum absolute atomic E-state index is 0.0769. The van der Waals surface area contributed by atoms with Crippen LogP contribution in [-0.4, -0.2) is 75.6 Å². The summed E-state index contributed by atoms with van der Waals surface area (Å²) in [5.41, 5.74) is 0. The molecule has 0 aliphatic carbocycles. The number of allylic oxidation sites excluding steroid dienone is 10. The second-order valence-electron chi connectivity index (χ2n) is 11.8. The number of likely N-dealkylation sites (N-methyl/N-ethyl adjacent to an activating group) is 1. The summed E-state index contributed by atoms with van der Waals surface area (Å²) in [6, 6.07) is 0. The summed E-state index contributed by atoms with van der Waals surface area (Å²) in [6.45, 7) is 5.22. The van der Waals surface area contributed by atoms with E-state index in [9.17, 15) is 14.3 Å². The number of esters is 1. The molecule has 44 heavy (non-hydrogen) atoms. The van der Waals surface area contributed by atoms with Gasteiger partial charge in [0.15, 0.2) is 0 Å². The molecule has 0 heterocycles. The van der Waals surface area contributed by atoms with E-state index in [1.165, 1.54) is 0 Å². The van der Waals surface area contributed by atoms with E-state index in [0.717, 1.165) is 77.0 Å². The molecule has 0 spiro atoms. The van der Waals surface area contributed by atoms with E-state index in [4.69, 9.17) is 18.5 Å². The highest BCUT2D eigenvalue weighted by Gasteiger charge is 2.26. The van der Waals surface area contributed by atoms with Crippen molar-refractivity contribution in [3.63, 3.8) is 0 Å². The van der Waals surface area contributed by atoms with Crippen LogP contribution in [0.5, 0.6) is 0 Å². The lowest BCUT2D eigenvalue weighted by Gasteiger charge is -2.24. The number of phosphoric ester groups is 1. The number of carbonyl (C=O) groups is 1. The molecule has 2 atom stereocenters. The fourth-order valence-corrected chi connectivity index (χ4v) is 4.49. The van der Waals surface area contributed by atoms with Crippen molar-refractivity contribution in [3.8, 4) is 0 Å². The molecular weight excluding hydrogens is 577 g/mol. The topological polar surface area (TPSA) is 91.3 Å². The monoisotopic (exact) mass is 640 g/mol. The van der Waals surface area contributed by atoms with E-state index >= 15 is 0 Å². The minimum atomic E-state index is -4.26. The molecule has 0 aromatic rings. The molecular formula is C35H63NO7P+. The van der Waals surface area contributed by atoms with E-state index in [0.29, 0.717) is 24.1 Å². The van der Waals surface area contributed by atoms with Crippen LogP contribution in [0, 0.1) is 0 Å². The third-order valence-corrected chi connectivity index (χ3v) is 7.33. The lowest BCUT2D eigenvalue weighted by molar-refractivity contribution is -0.870. The van der Waals surface area contributed by atoms with Crippen LogP contribution in [0.25, 0.3) is 0 Å². The van der Waals surface area contributed by atoms with Crippen molar-refractivity contribution in [2.75, 3.05) is 54.1 Å². The minimum Gasteiger partial charge on any atom is -0.457 e. The molecule has 2 unspecified atom stereocenters. The van der Waals surface area contributed by atoms with E-state index in [2.05, 4.69) is 74.6 Å². The van der Waals surface area contributed by atoms with E-state index in [1.54, 1.807) is 0 Å². The zero-order chi connectivity index (χ0) is 32.8. The van der Waals surface area contributed by atoms with Crippen molar-refractivity contribution in [2.45, 2.75) is 103 Å². The lowest BCUT2D eigenvalue weighted by atomic mass is 10.1. The summed E-state index contributed by atoms with van der Waals surface area (Å²) >= 11 is 0. The average Bonchev–Trinajstić information content (AvgIpc) is 2.96. The molecule has 254 valence electrons. The third-order valence-electron chi connectivity index (χ3n) is 6.34. The fraction of sp³-hybridized carbons (Fsp3) is 0.686. The quantitative estimate of drug-likeness (QED) is 0.0288. The molecule has 0 fully saturated rings. The van der Waals surface area contributed by atoms with Crippen LogP contribution in [0.4, 0.5) is 0 Å². The van der Waals surface area contributed by atoms with Gasteiger partial charge >= 0.3 is 13.8 Å². The van der Waals surface area contributed by atoms with Gasteiger partial charge in [-0.15, -0.1) is 0 Å². The fourth-order valence-electron chi connectivity index (χ4n) is 3.75. The van der Waals surface area contributed by atoms with Crippen LogP contribution in [0.3, 0.4) is 0 Å². The zero-order valence-electron chi connectivity index (χ0n) is 28.4. The molecule has 9 heteroatoms. The highest BCUT2D eigenvalue weighted by atomic mass is 31.2. The van der Waals surface area contributed by atoms with Crippen LogP contribution in [0.1, 0.15) is 97.3 Å². The molecule has 0 saturated heterocycles. The molecule has 0 rings (SSSR count). The summed E-state index contributed by atoms with van der Waals surface area (Å²) in [6.07, 6.45) is 33.1. The highest BCUT2D eigenvalue weighted by molar-refractivity contribution is 7.47. The Bertz CT molecular complexity index is 890. The Balaban J connectivity index is 4.27. The Morgan fingerprint density at radius 3 is 1.89 bits per heavy atom.